The first-order valence-corrected chi connectivity index (χ1v) is 4.81. The highest BCUT2D eigenvalue weighted by atomic mass is 35.5. The number of benzene rings is 1. The van der Waals surface area contributed by atoms with Gasteiger partial charge in [-0.25, -0.2) is 29.1 Å². The Kier molecular flexibility index (Phi) is 2.60. The van der Waals surface area contributed by atoms with Gasteiger partial charge >= 0.3 is 17.3 Å². The zero-order valence-corrected chi connectivity index (χ0v) is 8.99. The SMILES string of the molecule is O=C(O)c1ccc(Cl)c(-n2c(=O)[nH][nH]c2=O)c1. The minimum atomic E-state index is -1.18. The molecular weight excluding hydrogens is 250 g/mol. The molecule has 7 nitrogen and oxygen atoms in total. The van der Waals surface area contributed by atoms with Gasteiger partial charge in [0.15, 0.2) is 0 Å². The lowest BCUT2D eigenvalue weighted by molar-refractivity contribution is 0.0697. The summed E-state index contributed by atoms with van der Waals surface area (Å²) in [7, 11) is 0. The number of nitrogens with zero attached hydrogens (tertiary/aromatic N) is 1. The minimum absolute atomic E-state index is 0.0130. The highest BCUT2D eigenvalue weighted by Crippen LogP contribution is 2.19. The van der Waals surface area contributed by atoms with Crippen molar-refractivity contribution in [3.8, 4) is 5.69 Å². The van der Waals surface area contributed by atoms with Crippen LogP contribution in [0.2, 0.25) is 5.02 Å². The van der Waals surface area contributed by atoms with E-state index in [1.165, 1.54) is 12.1 Å². The average Bonchev–Trinajstić information content (AvgIpc) is 2.59. The molecular formula is C9H6ClN3O4. The third kappa shape index (κ3) is 1.87. The Labute approximate surface area is 98.3 Å². The van der Waals surface area contributed by atoms with Gasteiger partial charge in [-0.15, -0.1) is 0 Å². The van der Waals surface area contributed by atoms with E-state index >= 15 is 0 Å². The molecule has 0 atom stereocenters. The number of halogens is 1. The minimum Gasteiger partial charge on any atom is -0.478 e. The van der Waals surface area contributed by atoms with Crippen LogP contribution in [-0.2, 0) is 0 Å². The Balaban J connectivity index is 2.75. The summed E-state index contributed by atoms with van der Waals surface area (Å²) in [6.07, 6.45) is 0. The fourth-order valence-electron chi connectivity index (χ4n) is 1.35. The summed E-state index contributed by atoms with van der Waals surface area (Å²) >= 11 is 5.82. The number of aromatic amines is 2. The molecule has 0 aliphatic rings. The molecule has 1 aromatic heterocycles. The van der Waals surface area contributed by atoms with Crippen molar-refractivity contribution in [2.24, 2.45) is 0 Å². The molecule has 2 rings (SSSR count). The van der Waals surface area contributed by atoms with E-state index in [2.05, 4.69) is 10.2 Å². The first kappa shape index (κ1) is 11.2. The van der Waals surface area contributed by atoms with Crippen LogP contribution in [0.15, 0.2) is 27.8 Å². The van der Waals surface area contributed by atoms with Gasteiger partial charge in [-0.1, -0.05) is 11.6 Å². The Morgan fingerprint density at radius 2 is 1.82 bits per heavy atom. The van der Waals surface area contributed by atoms with Crippen LogP contribution in [0, 0.1) is 0 Å². The number of aromatic carboxylic acids is 1. The van der Waals surface area contributed by atoms with Gasteiger partial charge in [0.2, 0.25) is 0 Å². The van der Waals surface area contributed by atoms with Crippen LogP contribution in [0.25, 0.3) is 5.69 Å². The van der Waals surface area contributed by atoms with Crippen LogP contribution in [0.3, 0.4) is 0 Å². The van der Waals surface area contributed by atoms with Crippen molar-refractivity contribution in [3.05, 3.63) is 49.8 Å². The molecule has 17 heavy (non-hydrogen) atoms. The fraction of sp³-hybridized carbons (Fsp3) is 0. The van der Waals surface area contributed by atoms with Crippen LogP contribution in [0.5, 0.6) is 0 Å². The monoisotopic (exact) mass is 255 g/mol. The summed E-state index contributed by atoms with van der Waals surface area (Å²) in [6.45, 7) is 0. The van der Waals surface area contributed by atoms with Gasteiger partial charge in [0.25, 0.3) is 0 Å². The molecule has 0 saturated carbocycles. The number of H-pyrrole nitrogens is 2. The van der Waals surface area contributed by atoms with Crippen molar-refractivity contribution in [2.75, 3.05) is 0 Å². The average molecular weight is 256 g/mol. The molecule has 88 valence electrons. The summed E-state index contributed by atoms with van der Waals surface area (Å²) in [6, 6.07) is 3.73. The maximum absolute atomic E-state index is 11.3. The van der Waals surface area contributed by atoms with Crippen molar-refractivity contribution in [2.45, 2.75) is 0 Å². The number of rotatable bonds is 2. The van der Waals surface area contributed by atoms with E-state index in [-0.39, 0.29) is 16.3 Å². The van der Waals surface area contributed by atoms with E-state index in [9.17, 15) is 14.4 Å². The maximum Gasteiger partial charge on any atom is 0.349 e. The molecule has 0 spiro atoms. The molecule has 8 heteroatoms. The second-order valence-electron chi connectivity index (χ2n) is 3.17. The lowest BCUT2D eigenvalue weighted by Crippen LogP contribution is -2.25. The Bertz CT molecular complexity index is 669. The van der Waals surface area contributed by atoms with Crippen LogP contribution in [0.1, 0.15) is 10.4 Å². The maximum atomic E-state index is 11.3. The van der Waals surface area contributed by atoms with Gasteiger partial charge in [0.1, 0.15) is 0 Å². The summed E-state index contributed by atoms with van der Waals surface area (Å²) in [4.78, 5) is 33.5. The second kappa shape index (κ2) is 3.95. The molecule has 0 radical (unpaired) electrons. The van der Waals surface area contributed by atoms with E-state index in [1.807, 2.05) is 0 Å². The number of hydrogen-bond donors (Lipinski definition) is 3. The lowest BCUT2D eigenvalue weighted by Gasteiger charge is -2.03. The molecule has 1 aromatic carbocycles. The molecule has 0 aliphatic carbocycles. The predicted molar refractivity (Wildman–Crippen MR) is 59.0 cm³/mol. The van der Waals surface area contributed by atoms with Gasteiger partial charge in [0, 0.05) is 0 Å². The lowest BCUT2D eigenvalue weighted by atomic mass is 10.2. The van der Waals surface area contributed by atoms with E-state index in [4.69, 9.17) is 16.7 Å². The molecule has 0 amide bonds. The van der Waals surface area contributed by atoms with Crippen LogP contribution >= 0.6 is 11.6 Å². The third-order valence-electron chi connectivity index (χ3n) is 2.12. The number of aromatic nitrogens is 3. The van der Waals surface area contributed by atoms with Crippen molar-refractivity contribution < 1.29 is 9.90 Å². The number of carbonyl (C=O) groups is 1. The third-order valence-corrected chi connectivity index (χ3v) is 2.44. The van der Waals surface area contributed by atoms with Crippen molar-refractivity contribution in [1.29, 1.82) is 0 Å². The van der Waals surface area contributed by atoms with E-state index in [0.717, 1.165) is 10.6 Å². The van der Waals surface area contributed by atoms with Gasteiger partial charge < -0.3 is 5.11 Å². The second-order valence-corrected chi connectivity index (χ2v) is 3.57. The molecule has 0 aliphatic heterocycles. The van der Waals surface area contributed by atoms with Crippen molar-refractivity contribution in [3.63, 3.8) is 0 Å². The summed E-state index contributed by atoms with van der Waals surface area (Å²) < 4.78 is 0.717. The molecule has 2 aromatic rings. The standard InChI is InChI=1S/C9H6ClN3O4/c10-5-2-1-4(7(14)15)3-6(5)13-8(16)11-12-9(13)17/h1-3H,(H,11,16)(H,12,17)(H,14,15). The first-order valence-electron chi connectivity index (χ1n) is 4.43. The number of nitrogens with one attached hydrogen (secondary N) is 2. The zero-order chi connectivity index (χ0) is 12.6. The number of carboxylic acids is 1. The summed E-state index contributed by atoms with van der Waals surface area (Å²) in [5.41, 5.74) is -1.50. The molecule has 3 N–H and O–H groups in total. The highest BCUT2D eigenvalue weighted by Gasteiger charge is 2.13. The largest absolute Gasteiger partial charge is 0.478 e. The van der Waals surface area contributed by atoms with Crippen LogP contribution in [0.4, 0.5) is 0 Å². The predicted octanol–water partition coefficient (Wildman–Crippen LogP) is 0.205. The van der Waals surface area contributed by atoms with Crippen LogP contribution in [-0.4, -0.2) is 25.8 Å². The van der Waals surface area contributed by atoms with Crippen LogP contribution < -0.4 is 11.4 Å². The summed E-state index contributed by atoms with van der Waals surface area (Å²) in [5.74, 6) is -1.18. The molecule has 0 bridgehead atoms. The smallest absolute Gasteiger partial charge is 0.349 e. The molecule has 0 fully saturated rings. The van der Waals surface area contributed by atoms with Crippen molar-refractivity contribution >= 4 is 17.6 Å². The van der Waals surface area contributed by atoms with Gasteiger partial charge in [0.05, 0.1) is 16.3 Å². The van der Waals surface area contributed by atoms with Gasteiger partial charge in [-0.05, 0) is 18.2 Å². The fourth-order valence-corrected chi connectivity index (χ4v) is 1.55. The Morgan fingerprint density at radius 3 is 2.35 bits per heavy atom. The number of carboxylic acid groups (broad SMARTS) is 1. The first-order chi connectivity index (χ1) is 8.00. The van der Waals surface area contributed by atoms with E-state index in [0.29, 0.717) is 0 Å². The highest BCUT2D eigenvalue weighted by molar-refractivity contribution is 6.32. The summed E-state index contributed by atoms with van der Waals surface area (Å²) in [5, 5.41) is 13.1. The normalized spacial score (nSPS) is 10.4. The van der Waals surface area contributed by atoms with Crippen molar-refractivity contribution in [1.82, 2.24) is 14.8 Å². The zero-order valence-electron chi connectivity index (χ0n) is 8.23. The van der Waals surface area contributed by atoms with E-state index in [1.54, 1.807) is 0 Å². The number of hydrogen-bond acceptors (Lipinski definition) is 3. The topological polar surface area (TPSA) is 108 Å². The Morgan fingerprint density at radius 1 is 1.24 bits per heavy atom. The van der Waals surface area contributed by atoms with Gasteiger partial charge in [-0.3, -0.25) is 0 Å². The molecule has 0 unspecified atom stereocenters. The quantitative estimate of drug-likeness (QED) is 0.712. The molecule has 1 heterocycles. The van der Waals surface area contributed by atoms with E-state index < -0.39 is 17.3 Å². The molecule has 0 saturated heterocycles. The van der Waals surface area contributed by atoms with Gasteiger partial charge in [-0.2, -0.15) is 0 Å². The Hall–Kier alpha value is -2.28.